The number of imidazole rings is 1. The number of likely N-dealkylation sites (tertiary alicyclic amines) is 1. The van der Waals surface area contributed by atoms with Crippen LogP contribution in [0.4, 0.5) is 0 Å². The molecule has 7 heteroatoms. The van der Waals surface area contributed by atoms with Crippen molar-refractivity contribution < 1.29 is 4.79 Å². The molecule has 3 aromatic heterocycles. The Morgan fingerprint density at radius 1 is 1.04 bits per heavy atom. The second-order valence-electron chi connectivity index (χ2n) is 6.39. The number of pyridine rings is 1. The molecule has 4 heterocycles. The van der Waals surface area contributed by atoms with Crippen LogP contribution in [-0.4, -0.2) is 48.4 Å². The standard InChI is InChI=1S/C19H20N6O/c26-19(17-13-20-7-8-22-17)24-10-4-15(5-11-24)18-23-9-12-25(18)14-16-3-1-2-6-21-16/h1-3,6-9,12-13,15H,4-5,10-11,14H2. The minimum absolute atomic E-state index is 0.0478. The second-order valence-corrected chi connectivity index (χ2v) is 6.39. The lowest BCUT2D eigenvalue weighted by atomic mass is 9.95. The maximum absolute atomic E-state index is 12.5. The van der Waals surface area contributed by atoms with Gasteiger partial charge in [-0.1, -0.05) is 6.07 Å². The van der Waals surface area contributed by atoms with Crippen LogP contribution in [0, 0.1) is 0 Å². The Morgan fingerprint density at radius 3 is 2.65 bits per heavy atom. The largest absolute Gasteiger partial charge is 0.337 e. The topological polar surface area (TPSA) is 76.8 Å². The van der Waals surface area contributed by atoms with E-state index in [1.807, 2.05) is 41.7 Å². The average Bonchev–Trinajstić information content (AvgIpc) is 3.17. The molecule has 0 atom stereocenters. The van der Waals surface area contributed by atoms with E-state index in [4.69, 9.17) is 0 Å². The molecule has 1 amide bonds. The van der Waals surface area contributed by atoms with Gasteiger partial charge in [0.25, 0.3) is 5.91 Å². The third kappa shape index (κ3) is 3.46. The van der Waals surface area contributed by atoms with Crippen LogP contribution in [0.5, 0.6) is 0 Å². The first-order valence-corrected chi connectivity index (χ1v) is 8.77. The summed E-state index contributed by atoms with van der Waals surface area (Å²) in [5.74, 6) is 1.37. The first kappa shape index (κ1) is 16.4. The first-order chi connectivity index (χ1) is 12.8. The summed E-state index contributed by atoms with van der Waals surface area (Å²) in [7, 11) is 0. The number of nitrogens with zero attached hydrogens (tertiary/aromatic N) is 6. The number of carbonyl (C=O) groups excluding carboxylic acids is 1. The third-order valence-corrected chi connectivity index (χ3v) is 4.74. The molecule has 1 saturated heterocycles. The van der Waals surface area contributed by atoms with Crippen molar-refractivity contribution >= 4 is 5.91 Å². The van der Waals surface area contributed by atoms with Crippen molar-refractivity contribution in [3.63, 3.8) is 0 Å². The van der Waals surface area contributed by atoms with Crippen molar-refractivity contribution in [2.45, 2.75) is 25.3 Å². The molecule has 0 aromatic carbocycles. The molecule has 0 unspecified atom stereocenters. The van der Waals surface area contributed by atoms with Gasteiger partial charge in [-0.2, -0.15) is 0 Å². The van der Waals surface area contributed by atoms with Crippen LogP contribution < -0.4 is 0 Å². The molecule has 1 aliphatic heterocycles. The smallest absolute Gasteiger partial charge is 0.274 e. The van der Waals surface area contributed by atoms with Gasteiger partial charge in [-0.15, -0.1) is 0 Å². The van der Waals surface area contributed by atoms with Crippen LogP contribution in [0.3, 0.4) is 0 Å². The number of aromatic nitrogens is 5. The molecule has 26 heavy (non-hydrogen) atoms. The lowest BCUT2D eigenvalue weighted by molar-refractivity contribution is 0.0704. The Labute approximate surface area is 151 Å². The number of amides is 1. The maximum Gasteiger partial charge on any atom is 0.274 e. The Kier molecular flexibility index (Phi) is 4.68. The van der Waals surface area contributed by atoms with E-state index >= 15 is 0 Å². The number of hydrogen-bond donors (Lipinski definition) is 0. The summed E-state index contributed by atoms with van der Waals surface area (Å²) in [6, 6.07) is 5.93. The lowest BCUT2D eigenvalue weighted by Gasteiger charge is -2.31. The van der Waals surface area contributed by atoms with E-state index in [0.29, 0.717) is 24.7 Å². The number of carbonyl (C=O) groups is 1. The van der Waals surface area contributed by atoms with E-state index in [-0.39, 0.29) is 5.91 Å². The summed E-state index contributed by atoms with van der Waals surface area (Å²) in [4.78, 5) is 31.4. The Morgan fingerprint density at radius 2 is 1.92 bits per heavy atom. The molecule has 0 saturated carbocycles. The number of piperidine rings is 1. The summed E-state index contributed by atoms with van der Waals surface area (Å²) in [6.07, 6.45) is 12.1. The van der Waals surface area contributed by atoms with Crippen LogP contribution >= 0.6 is 0 Å². The normalized spacial score (nSPS) is 15.2. The molecule has 0 radical (unpaired) electrons. The quantitative estimate of drug-likeness (QED) is 0.722. The summed E-state index contributed by atoms with van der Waals surface area (Å²) < 4.78 is 2.16. The molecule has 0 spiro atoms. The molecular formula is C19H20N6O. The number of rotatable bonds is 4. The van der Waals surface area contributed by atoms with Gasteiger partial charge in [0.05, 0.1) is 18.4 Å². The number of hydrogen-bond acceptors (Lipinski definition) is 5. The average molecular weight is 348 g/mol. The fraction of sp³-hybridized carbons (Fsp3) is 0.316. The third-order valence-electron chi connectivity index (χ3n) is 4.74. The van der Waals surface area contributed by atoms with Crippen molar-refractivity contribution in [3.8, 4) is 0 Å². The Bertz CT molecular complexity index is 856. The van der Waals surface area contributed by atoms with Crippen molar-refractivity contribution in [2.24, 2.45) is 0 Å². The predicted molar refractivity (Wildman–Crippen MR) is 95.5 cm³/mol. The van der Waals surface area contributed by atoms with Crippen LogP contribution in [0.2, 0.25) is 0 Å². The highest BCUT2D eigenvalue weighted by molar-refractivity contribution is 5.92. The molecule has 7 nitrogen and oxygen atoms in total. The van der Waals surface area contributed by atoms with Crippen LogP contribution in [-0.2, 0) is 6.54 Å². The van der Waals surface area contributed by atoms with Gasteiger partial charge in [0.2, 0.25) is 0 Å². The first-order valence-electron chi connectivity index (χ1n) is 8.77. The summed E-state index contributed by atoms with van der Waals surface area (Å²) in [5.41, 5.74) is 1.42. The highest BCUT2D eigenvalue weighted by atomic mass is 16.2. The van der Waals surface area contributed by atoms with Crippen molar-refractivity contribution in [3.05, 3.63) is 72.6 Å². The highest BCUT2D eigenvalue weighted by Crippen LogP contribution is 2.27. The van der Waals surface area contributed by atoms with Gasteiger partial charge in [-0.25, -0.2) is 9.97 Å². The highest BCUT2D eigenvalue weighted by Gasteiger charge is 2.27. The van der Waals surface area contributed by atoms with Gasteiger partial charge in [0.15, 0.2) is 0 Å². The van der Waals surface area contributed by atoms with Crippen molar-refractivity contribution in [1.82, 2.24) is 29.4 Å². The molecule has 0 aliphatic carbocycles. The Hall–Kier alpha value is -3.09. The lowest BCUT2D eigenvalue weighted by Crippen LogP contribution is -2.38. The fourth-order valence-electron chi connectivity index (χ4n) is 3.39. The van der Waals surface area contributed by atoms with Crippen LogP contribution in [0.1, 0.15) is 40.8 Å². The van der Waals surface area contributed by atoms with Crippen LogP contribution in [0.15, 0.2) is 55.4 Å². The van der Waals surface area contributed by atoms with Gasteiger partial charge in [-0.05, 0) is 25.0 Å². The molecule has 132 valence electrons. The fourth-order valence-corrected chi connectivity index (χ4v) is 3.39. The minimum atomic E-state index is -0.0478. The van der Waals surface area contributed by atoms with E-state index in [0.717, 1.165) is 30.9 Å². The van der Waals surface area contributed by atoms with Gasteiger partial charge >= 0.3 is 0 Å². The summed E-state index contributed by atoms with van der Waals surface area (Å²) in [6.45, 7) is 2.13. The molecule has 0 bridgehead atoms. The van der Waals surface area contributed by atoms with E-state index in [1.54, 1.807) is 12.4 Å². The zero-order valence-corrected chi connectivity index (χ0v) is 14.4. The second kappa shape index (κ2) is 7.43. The molecule has 3 aromatic rings. The minimum Gasteiger partial charge on any atom is -0.337 e. The van der Waals surface area contributed by atoms with Gasteiger partial charge in [0, 0.05) is 50.0 Å². The maximum atomic E-state index is 12.5. The summed E-state index contributed by atoms with van der Waals surface area (Å²) in [5, 5.41) is 0. The van der Waals surface area contributed by atoms with E-state index < -0.39 is 0 Å². The molecule has 1 aliphatic rings. The van der Waals surface area contributed by atoms with E-state index in [2.05, 4.69) is 24.5 Å². The molecular weight excluding hydrogens is 328 g/mol. The monoisotopic (exact) mass is 348 g/mol. The molecule has 1 fully saturated rings. The van der Waals surface area contributed by atoms with Crippen molar-refractivity contribution in [2.75, 3.05) is 13.1 Å². The predicted octanol–water partition coefficient (Wildman–Crippen LogP) is 2.14. The zero-order valence-electron chi connectivity index (χ0n) is 14.4. The van der Waals surface area contributed by atoms with Gasteiger partial charge in [0.1, 0.15) is 11.5 Å². The van der Waals surface area contributed by atoms with Gasteiger partial charge < -0.3 is 9.47 Å². The SMILES string of the molecule is O=C(c1cnccn1)N1CCC(c2nccn2Cc2ccccn2)CC1. The van der Waals surface area contributed by atoms with Crippen molar-refractivity contribution in [1.29, 1.82) is 0 Å². The van der Waals surface area contributed by atoms with Crippen LogP contribution in [0.25, 0.3) is 0 Å². The molecule has 0 N–H and O–H groups in total. The molecule has 4 rings (SSSR count). The Balaban J connectivity index is 1.41. The zero-order chi connectivity index (χ0) is 17.8. The summed E-state index contributed by atoms with van der Waals surface area (Å²) >= 11 is 0. The van der Waals surface area contributed by atoms with E-state index in [9.17, 15) is 4.79 Å². The van der Waals surface area contributed by atoms with Gasteiger partial charge in [-0.3, -0.25) is 14.8 Å². The van der Waals surface area contributed by atoms with E-state index in [1.165, 1.54) is 6.20 Å².